The number of rotatable bonds is 4. The van der Waals surface area contributed by atoms with Crippen molar-refractivity contribution in [2.75, 3.05) is 6.26 Å². The SMILES string of the molecule is CSC(Oc1cc(C)c2ncc(C)cc2c1)C(=O)O. The van der Waals surface area contributed by atoms with Gasteiger partial charge in [0.25, 0.3) is 0 Å². The van der Waals surface area contributed by atoms with E-state index in [4.69, 9.17) is 9.84 Å². The summed E-state index contributed by atoms with van der Waals surface area (Å²) in [6.45, 7) is 3.91. The Kier molecular flexibility index (Phi) is 3.95. The van der Waals surface area contributed by atoms with Crippen molar-refractivity contribution in [3.8, 4) is 5.75 Å². The van der Waals surface area contributed by atoms with Gasteiger partial charge in [-0.3, -0.25) is 4.98 Å². The predicted octanol–water partition coefficient (Wildman–Crippen LogP) is 3.00. The van der Waals surface area contributed by atoms with Crippen LogP contribution in [0.25, 0.3) is 10.9 Å². The molecular formula is C14H15NO3S. The highest BCUT2D eigenvalue weighted by Gasteiger charge is 2.18. The average molecular weight is 277 g/mol. The lowest BCUT2D eigenvalue weighted by Gasteiger charge is -2.14. The van der Waals surface area contributed by atoms with Crippen LogP contribution < -0.4 is 4.74 Å². The number of nitrogens with zero attached hydrogens (tertiary/aromatic N) is 1. The Hall–Kier alpha value is -1.75. The first-order valence-corrected chi connectivity index (χ1v) is 7.09. The normalized spacial score (nSPS) is 12.4. The number of hydrogen-bond donors (Lipinski definition) is 1. The zero-order chi connectivity index (χ0) is 14.0. The van der Waals surface area contributed by atoms with Gasteiger partial charge in [0.05, 0.1) is 5.52 Å². The van der Waals surface area contributed by atoms with Crippen molar-refractivity contribution in [2.24, 2.45) is 0 Å². The molecule has 0 saturated carbocycles. The number of carbonyl (C=O) groups is 1. The van der Waals surface area contributed by atoms with Gasteiger partial charge >= 0.3 is 5.97 Å². The molecule has 0 saturated heterocycles. The van der Waals surface area contributed by atoms with E-state index in [1.54, 1.807) is 6.26 Å². The molecule has 1 atom stereocenters. The van der Waals surface area contributed by atoms with Crippen molar-refractivity contribution in [1.82, 2.24) is 4.98 Å². The highest BCUT2D eigenvalue weighted by atomic mass is 32.2. The third-order valence-electron chi connectivity index (χ3n) is 2.74. The number of fused-ring (bicyclic) bond motifs is 1. The number of ether oxygens (including phenoxy) is 1. The summed E-state index contributed by atoms with van der Waals surface area (Å²) in [4.78, 5) is 15.4. The number of aryl methyl sites for hydroxylation is 2. The second kappa shape index (κ2) is 5.48. The predicted molar refractivity (Wildman–Crippen MR) is 76.8 cm³/mol. The topological polar surface area (TPSA) is 59.4 Å². The maximum atomic E-state index is 11.0. The lowest BCUT2D eigenvalue weighted by Crippen LogP contribution is -2.22. The molecule has 0 fully saturated rings. The fourth-order valence-corrected chi connectivity index (χ4v) is 2.31. The van der Waals surface area contributed by atoms with Gasteiger partial charge in [-0.05, 0) is 49.4 Å². The summed E-state index contributed by atoms with van der Waals surface area (Å²) in [5.74, 6) is -0.424. The van der Waals surface area contributed by atoms with Crippen molar-refractivity contribution in [1.29, 1.82) is 0 Å². The van der Waals surface area contributed by atoms with E-state index in [0.717, 1.165) is 33.8 Å². The van der Waals surface area contributed by atoms with Crippen LogP contribution in [0.4, 0.5) is 0 Å². The molecule has 1 aromatic heterocycles. The molecule has 0 amide bonds. The highest BCUT2D eigenvalue weighted by Crippen LogP contribution is 2.26. The summed E-state index contributed by atoms with van der Waals surface area (Å²) in [5.41, 5.74) is 2.05. The molecule has 1 unspecified atom stereocenters. The van der Waals surface area contributed by atoms with E-state index >= 15 is 0 Å². The molecule has 0 radical (unpaired) electrons. The Bertz CT molecular complexity index is 627. The Balaban J connectivity index is 2.42. The molecule has 0 spiro atoms. The third kappa shape index (κ3) is 2.98. The van der Waals surface area contributed by atoms with Gasteiger partial charge in [0.15, 0.2) is 0 Å². The quantitative estimate of drug-likeness (QED) is 0.870. The number of carboxylic acids is 1. The van der Waals surface area contributed by atoms with Crippen LogP contribution in [0.1, 0.15) is 11.1 Å². The number of aromatic nitrogens is 1. The van der Waals surface area contributed by atoms with Crippen LogP contribution in [-0.2, 0) is 4.79 Å². The first-order valence-electron chi connectivity index (χ1n) is 5.80. The average Bonchev–Trinajstić information content (AvgIpc) is 2.35. The summed E-state index contributed by atoms with van der Waals surface area (Å²) in [6.07, 6.45) is 3.52. The van der Waals surface area contributed by atoms with Gasteiger partial charge in [-0.25, -0.2) is 4.79 Å². The zero-order valence-corrected chi connectivity index (χ0v) is 11.8. The van der Waals surface area contributed by atoms with Crippen LogP contribution in [0.5, 0.6) is 5.75 Å². The lowest BCUT2D eigenvalue weighted by atomic mass is 10.1. The fourth-order valence-electron chi connectivity index (χ4n) is 1.90. The van der Waals surface area contributed by atoms with Crippen LogP contribution in [0, 0.1) is 13.8 Å². The van der Waals surface area contributed by atoms with Gasteiger partial charge in [-0.2, -0.15) is 0 Å². The smallest absolute Gasteiger partial charge is 0.355 e. The molecule has 5 heteroatoms. The van der Waals surface area contributed by atoms with Crippen molar-refractivity contribution in [2.45, 2.75) is 19.3 Å². The molecular weight excluding hydrogens is 262 g/mol. The lowest BCUT2D eigenvalue weighted by molar-refractivity contribution is -0.140. The van der Waals surface area contributed by atoms with Crippen molar-refractivity contribution in [3.05, 3.63) is 35.5 Å². The number of hydrogen-bond acceptors (Lipinski definition) is 4. The van der Waals surface area contributed by atoms with E-state index in [2.05, 4.69) is 4.98 Å². The second-order valence-corrected chi connectivity index (χ2v) is 5.25. The van der Waals surface area contributed by atoms with E-state index in [0.29, 0.717) is 5.75 Å². The Morgan fingerprint density at radius 3 is 2.74 bits per heavy atom. The number of carboxylic acid groups (broad SMARTS) is 1. The number of benzene rings is 1. The molecule has 1 N–H and O–H groups in total. The number of aliphatic carboxylic acids is 1. The molecule has 19 heavy (non-hydrogen) atoms. The Morgan fingerprint density at radius 2 is 2.11 bits per heavy atom. The van der Waals surface area contributed by atoms with E-state index in [-0.39, 0.29) is 0 Å². The van der Waals surface area contributed by atoms with Gasteiger partial charge in [0.1, 0.15) is 5.75 Å². The summed E-state index contributed by atoms with van der Waals surface area (Å²) >= 11 is 1.15. The van der Waals surface area contributed by atoms with Crippen molar-refractivity contribution in [3.63, 3.8) is 0 Å². The standard InChI is InChI=1S/C14H15NO3S/c1-8-4-10-6-11(18-14(19-3)13(16)17)5-9(2)12(10)15-7-8/h4-7,14H,1-3H3,(H,16,17). The van der Waals surface area contributed by atoms with E-state index < -0.39 is 11.4 Å². The zero-order valence-electron chi connectivity index (χ0n) is 11.0. The van der Waals surface area contributed by atoms with Gasteiger partial charge < -0.3 is 9.84 Å². The number of thioether (sulfide) groups is 1. The number of pyridine rings is 1. The Morgan fingerprint density at radius 1 is 1.37 bits per heavy atom. The first-order chi connectivity index (χ1) is 9.01. The monoisotopic (exact) mass is 277 g/mol. The molecule has 0 aliphatic carbocycles. The molecule has 1 heterocycles. The molecule has 2 rings (SSSR count). The second-order valence-electron chi connectivity index (χ2n) is 4.35. The minimum Gasteiger partial charge on any atom is -0.478 e. The minimum absolute atomic E-state index is 0.555. The fraction of sp³-hybridized carbons (Fsp3) is 0.286. The van der Waals surface area contributed by atoms with Crippen LogP contribution in [0.2, 0.25) is 0 Å². The highest BCUT2D eigenvalue weighted by molar-refractivity contribution is 7.99. The maximum Gasteiger partial charge on any atom is 0.355 e. The van der Waals surface area contributed by atoms with Crippen molar-refractivity contribution >= 4 is 28.6 Å². The van der Waals surface area contributed by atoms with Crippen LogP contribution >= 0.6 is 11.8 Å². The summed E-state index contributed by atoms with van der Waals surface area (Å²) < 4.78 is 5.49. The van der Waals surface area contributed by atoms with E-state index in [1.165, 1.54) is 0 Å². The van der Waals surface area contributed by atoms with Crippen LogP contribution in [0.15, 0.2) is 24.4 Å². The Labute approximate surface area is 115 Å². The van der Waals surface area contributed by atoms with Crippen LogP contribution in [-0.4, -0.2) is 27.8 Å². The third-order valence-corrected chi connectivity index (χ3v) is 3.47. The molecule has 0 aliphatic rings. The molecule has 0 aliphatic heterocycles. The summed E-state index contributed by atoms with van der Waals surface area (Å²) in [6, 6.07) is 5.66. The van der Waals surface area contributed by atoms with Gasteiger partial charge in [-0.1, -0.05) is 0 Å². The molecule has 1 aromatic carbocycles. The van der Waals surface area contributed by atoms with Gasteiger partial charge in [0.2, 0.25) is 5.44 Å². The first kappa shape index (κ1) is 13.7. The van der Waals surface area contributed by atoms with E-state index in [9.17, 15) is 4.79 Å². The molecule has 4 nitrogen and oxygen atoms in total. The molecule has 100 valence electrons. The van der Waals surface area contributed by atoms with Gasteiger partial charge in [-0.15, -0.1) is 11.8 Å². The molecule has 0 bridgehead atoms. The summed E-state index contributed by atoms with van der Waals surface area (Å²) in [5, 5.41) is 9.96. The van der Waals surface area contributed by atoms with Crippen molar-refractivity contribution < 1.29 is 14.6 Å². The maximum absolute atomic E-state index is 11.0. The van der Waals surface area contributed by atoms with Gasteiger partial charge in [0, 0.05) is 11.6 Å². The minimum atomic E-state index is -0.979. The largest absolute Gasteiger partial charge is 0.478 e. The van der Waals surface area contributed by atoms with Crippen LogP contribution in [0.3, 0.4) is 0 Å². The molecule has 2 aromatic rings. The van der Waals surface area contributed by atoms with E-state index in [1.807, 2.05) is 38.2 Å². The summed E-state index contributed by atoms with van der Waals surface area (Å²) in [7, 11) is 0.